The maximum Gasteiger partial charge on any atom is 0.194 e. The Kier molecular flexibility index (Phi) is 7.89. The minimum atomic E-state index is 0.315. The summed E-state index contributed by atoms with van der Waals surface area (Å²) in [5, 5.41) is 15.9. The van der Waals surface area contributed by atoms with Crippen LogP contribution in [0, 0.1) is 12.8 Å². The van der Waals surface area contributed by atoms with E-state index in [0.717, 1.165) is 55.7 Å². The molecule has 7 heteroatoms. The van der Waals surface area contributed by atoms with Crippen molar-refractivity contribution in [2.45, 2.75) is 39.8 Å². The fourth-order valence-corrected chi connectivity index (χ4v) is 4.22. The number of thiazole rings is 1. The van der Waals surface area contributed by atoms with E-state index in [9.17, 15) is 5.11 Å². The van der Waals surface area contributed by atoms with Gasteiger partial charge in [0, 0.05) is 44.4 Å². The molecule has 0 bridgehead atoms. The zero-order valence-corrected chi connectivity index (χ0v) is 18.6. The third kappa shape index (κ3) is 6.18. The number of aliphatic hydroxyl groups is 1. The van der Waals surface area contributed by atoms with E-state index < -0.39 is 0 Å². The number of aromatic nitrogens is 1. The normalized spacial score (nSPS) is 15.6. The van der Waals surface area contributed by atoms with Gasteiger partial charge >= 0.3 is 0 Å². The second-order valence-corrected chi connectivity index (χ2v) is 8.73. The predicted molar refractivity (Wildman–Crippen MR) is 122 cm³/mol. The number of benzene rings is 1. The molecule has 2 aromatic rings. The summed E-state index contributed by atoms with van der Waals surface area (Å²) in [5.41, 5.74) is 3.54. The van der Waals surface area contributed by atoms with Crippen LogP contribution in [0.1, 0.15) is 36.0 Å². The summed E-state index contributed by atoms with van der Waals surface area (Å²) >= 11 is 1.68. The Morgan fingerprint density at radius 1 is 1.31 bits per heavy atom. The second-order valence-electron chi connectivity index (χ2n) is 7.66. The van der Waals surface area contributed by atoms with Crippen molar-refractivity contribution >= 4 is 23.0 Å². The molecule has 0 aliphatic carbocycles. The Hall–Kier alpha value is -2.12. The molecular weight excluding hydrogens is 382 g/mol. The Morgan fingerprint density at radius 2 is 2.03 bits per heavy atom. The van der Waals surface area contributed by atoms with Crippen molar-refractivity contribution in [3.05, 3.63) is 45.9 Å². The minimum absolute atomic E-state index is 0.315. The fourth-order valence-electron chi connectivity index (χ4n) is 3.62. The number of aryl methyl sites for hydroxylation is 1. The number of aliphatic imine (C=N–C) groups is 1. The van der Waals surface area contributed by atoms with Gasteiger partial charge in [0.1, 0.15) is 0 Å². The molecule has 0 spiro atoms. The Labute approximate surface area is 178 Å². The molecule has 6 nitrogen and oxygen atoms in total. The van der Waals surface area contributed by atoms with Crippen LogP contribution in [0.4, 0.5) is 5.69 Å². The molecular formula is C22H33N5OS. The van der Waals surface area contributed by atoms with Crippen molar-refractivity contribution in [1.29, 1.82) is 0 Å². The molecule has 0 unspecified atom stereocenters. The van der Waals surface area contributed by atoms with Gasteiger partial charge in [-0.1, -0.05) is 12.1 Å². The third-order valence-electron chi connectivity index (χ3n) is 5.35. The fraction of sp³-hybridized carbons (Fsp3) is 0.545. The lowest BCUT2D eigenvalue weighted by Gasteiger charge is -2.32. The van der Waals surface area contributed by atoms with Gasteiger partial charge in [-0.2, -0.15) is 0 Å². The Balaban J connectivity index is 1.58. The molecule has 3 rings (SSSR count). The predicted octanol–water partition coefficient (Wildman–Crippen LogP) is 3.26. The van der Waals surface area contributed by atoms with Crippen LogP contribution in [0.25, 0.3) is 0 Å². The highest BCUT2D eigenvalue weighted by molar-refractivity contribution is 7.09. The maximum absolute atomic E-state index is 9.31. The molecule has 0 atom stereocenters. The van der Waals surface area contributed by atoms with Crippen molar-refractivity contribution in [3.8, 4) is 0 Å². The van der Waals surface area contributed by atoms with E-state index in [4.69, 9.17) is 4.99 Å². The lowest BCUT2D eigenvalue weighted by molar-refractivity contribution is 0.203. The molecule has 1 aromatic heterocycles. The topological polar surface area (TPSA) is 64.0 Å². The standard InChI is InChI=1S/C22H33N5OS/c1-4-23-22(26(3)14-20-16-29-17(2)25-20)24-13-18-5-7-21(8-6-18)27-11-9-19(15-28)10-12-27/h5-8,16,19,28H,4,9-15H2,1-3H3,(H,23,24). The number of aliphatic hydroxyl groups excluding tert-OH is 1. The van der Waals surface area contributed by atoms with Gasteiger partial charge in [-0.25, -0.2) is 9.98 Å². The number of hydrogen-bond acceptors (Lipinski definition) is 5. The van der Waals surface area contributed by atoms with E-state index in [1.54, 1.807) is 11.3 Å². The molecule has 1 aliphatic rings. The molecule has 1 aliphatic heterocycles. The summed E-state index contributed by atoms with van der Waals surface area (Å²) in [4.78, 5) is 13.9. The molecule has 0 saturated carbocycles. The average Bonchev–Trinajstić information content (AvgIpc) is 3.16. The maximum atomic E-state index is 9.31. The van der Waals surface area contributed by atoms with Gasteiger partial charge in [0.05, 0.1) is 23.8 Å². The van der Waals surface area contributed by atoms with Gasteiger partial charge < -0.3 is 20.2 Å². The lowest BCUT2D eigenvalue weighted by atomic mass is 9.97. The summed E-state index contributed by atoms with van der Waals surface area (Å²) in [6, 6.07) is 8.73. The van der Waals surface area contributed by atoms with Crippen molar-refractivity contribution < 1.29 is 5.11 Å². The molecule has 1 aromatic carbocycles. The number of hydrogen-bond donors (Lipinski definition) is 2. The quantitative estimate of drug-likeness (QED) is 0.537. The highest BCUT2D eigenvalue weighted by Gasteiger charge is 2.18. The van der Waals surface area contributed by atoms with E-state index in [1.807, 2.05) is 6.92 Å². The first kappa shape index (κ1) is 21.6. The molecule has 1 fully saturated rings. The van der Waals surface area contributed by atoms with Crippen LogP contribution in [-0.2, 0) is 13.1 Å². The van der Waals surface area contributed by atoms with Crippen LogP contribution in [0.2, 0.25) is 0 Å². The number of rotatable bonds is 7. The molecule has 2 N–H and O–H groups in total. The second kappa shape index (κ2) is 10.6. The van der Waals surface area contributed by atoms with E-state index in [-0.39, 0.29) is 0 Å². The smallest absolute Gasteiger partial charge is 0.194 e. The summed E-state index contributed by atoms with van der Waals surface area (Å²) in [6.07, 6.45) is 2.14. The highest BCUT2D eigenvalue weighted by Crippen LogP contribution is 2.23. The largest absolute Gasteiger partial charge is 0.396 e. The van der Waals surface area contributed by atoms with Gasteiger partial charge in [-0.3, -0.25) is 0 Å². The summed E-state index contributed by atoms with van der Waals surface area (Å²) in [5.74, 6) is 1.36. The number of guanidine groups is 1. The van der Waals surface area contributed by atoms with E-state index in [1.165, 1.54) is 11.3 Å². The van der Waals surface area contributed by atoms with E-state index in [0.29, 0.717) is 19.1 Å². The molecule has 0 amide bonds. The molecule has 0 radical (unpaired) electrons. The van der Waals surface area contributed by atoms with Crippen LogP contribution in [-0.4, -0.2) is 54.2 Å². The van der Waals surface area contributed by atoms with Crippen LogP contribution >= 0.6 is 11.3 Å². The molecule has 2 heterocycles. The number of anilines is 1. The lowest BCUT2D eigenvalue weighted by Crippen LogP contribution is -2.38. The number of nitrogens with one attached hydrogen (secondary N) is 1. The number of piperidine rings is 1. The third-order valence-corrected chi connectivity index (χ3v) is 6.17. The van der Waals surface area contributed by atoms with Crippen LogP contribution in [0.5, 0.6) is 0 Å². The van der Waals surface area contributed by atoms with Gasteiger partial charge in [0.15, 0.2) is 5.96 Å². The Morgan fingerprint density at radius 3 is 2.62 bits per heavy atom. The van der Waals surface area contributed by atoms with Gasteiger partial charge in [-0.05, 0) is 50.3 Å². The van der Waals surface area contributed by atoms with Gasteiger partial charge in [0.25, 0.3) is 0 Å². The monoisotopic (exact) mass is 415 g/mol. The molecule has 1 saturated heterocycles. The van der Waals surface area contributed by atoms with Crippen molar-refractivity contribution in [1.82, 2.24) is 15.2 Å². The highest BCUT2D eigenvalue weighted by atomic mass is 32.1. The van der Waals surface area contributed by atoms with Crippen LogP contribution in [0.15, 0.2) is 34.6 Å². The Bertz CT molecular complexity index is 781. The minimum Gasteiger partial charge on any atom is -0.396 e. The first-order chi connectivity index (χ1) is 14.1. The van der Waals surface area contributed by atoms with Crippen molar-refractivity contribution in [3.63, 3.8) is 0 Å². The number of nitrogens with zero attached hydrogens (tertiary/aromatic N) is 4. The summed E-state index contributed by atoms with van der Waals surface area (Å²) in [6.45, 7) is 8.71. The first-order valence-corrected chi connectivity index (χ1v) is 11.3. The van der Waals surface area contributed by atoms with Gasteiger partial charge in [0.2, 0.25) is 0 Å². The SMILES string of the molecule is CCNC(=NCc1ccc(N2CCC(CO)CC2)cc1)N(C)Cc1csc(C)n1. The molecule has 29 heavy (non-hydrogen) atoms. The van der Waals surface area contributed by atoms with E-state index >= 15 is 0 Å². The average molecular weight is 416 g/mol. The van der Waals surface area contributed by atoms with E-state index in [2.05, 4.69) is 63.7 Å². The van der Waals surface area contributed by atoms with Gasteiger partial charge in [-0.15, -0.1) is 11.3 Å². The van der Waals surface area contributed by atoms with Crippen molar-refractivity contribution in [2.24, 2.45) is 10.9 Å². The summed E-state index contributed by atoms with van der Waals surface area (Å²) < 4.78 is 0. The van der Waals surface area contributed by atoms with Crippen LogP contribution < -0.4 is 10.2 Å². The van der Waals surface area contributed by atoms with Crippen LogP contribution in [0.3, 0.4) is 0 Å². The summed E-state index contributed by atoms with van der Waals surface area (Å²) in [7, 11) is 2.05. The first-order valence-electron chi connectivity index (χ1n) is 10.4. The zero-order chi connectivity index (χ0) is 20.6. The van der Waals surface area contributed by atoms with Crippen molar-refractivity contribution in [2.75, 3.05) is 38.2 Å². The molecule has 158 valence electrons. The zero-order valence-electron chi connectivity index (χ0n) is 17.8.